The van der Waals surface area contributed by atoms with Crippen LogP contribution in [0.15, 0.2) is 28.8 Å². The predicted molar refractivity (Wildman–Crippen MR) is 67.1 cm³/mol. The predicted octanol–water partition coefficient (Wildman–Crippen LogP) is 1.88. The van der Waals surface area contributed by atoms with E-state index in [0.29, 0.717) is 12.4 Å². The number of nitrogens with zero attached hydrogens (tertiary/aromatic N) is 4. The molecular weight excluding hydrogens is 230 g/mol. The van der Waals surface area contributed by atoms with E-state index < -0.39 is 0 Å². The summed E-state index contributed by atoms with van der Waals surface area (Å²) in [5, 5.41) is 11.2. The van der Waals surface area contributed by atoms with Crippen LogP contribution in [0, 0.1) is 6.92 Å². The van der Waals surface area contributed by atoms with Gasteiger partial charge >= 0.3 is 0 Å². The first kappa shape index (κ1) is 10.8. The standard InChI is InChI=1S/C12H13N5O/c1-8-14-11-5-9(3-4-12(11)18-8)13-6-10-7-17(2)16-15-10/h3-5,7,13H,6H2,1-2H3. The molecule has 2 heterocycles. The normalized spacial score (nSPS) is 11.0. The van der Waals surface area contributed by atoms with Gasteiger partial charge in [-0.15, -0.1) is 5.10 Å². The molecule has 1 aromatic carbocycles. The van der Waals surface area contributed by atoms with Gasteiger partial charge in [-0.05, 0) is 18.2 Å². The van der Waals surface area contributed by atoms with Gasteiger partial charge in [0.15, 0.2) is 11.5 Å². The molecule has 0 aliphatic heterocycles. The Kier molecular flexibility index (Phi) is 2.47. The van der Waals surface area contributed by atoms with Crippen molar-refractivity contribution in [3.8, 4) is 0 Å². The minimum absolute atomic E-state index is 0.635. The number of nitrogens with one attached hydrogen (secondary N) is 1. The number of fused-ring (bicyclic) bond motifs is 1. The van der Waals surface area contributed by atoms with Gasteiger partial charge in [-0.3, -0.25) is 4.68 Å². The molecule has 0 spiro atoms. The molecule has 0 aliphatic rings. The summed E-state index contributed by atoms with van der Waals surface area (Å²) in [5.74, 6) is 0.677. The van der Waals surface area contributed by atoms with Crippen molar-refractivity contribution in [3.63, 3.8) is 0 Å². The fraction of sp³-hybridized carbons (Fsp3) is 0.250. The Balaban J connectivity index is 1.78. The summed E-state index contributed by atoms with van der Waals surface area (Å²) < 4.78 is 7.11. The monoisotopic (exact) mass is 243 g/mol. The van der Waals surface area contributed by atoms with Gasteiger partial charge in [-0.2, -0.15) is 0 Å². The SMILES string of the molecule is Cc1nc2cc(NCc3cn(C)nn3)ccc2o1. The highest BCUT2D eigenvalue weighted by atomic mass is 16.3. The minimum Gasteiger partial charge on any atom is -0.441 e. The summed E-state index contributed by atoms with van der Waals surface area (Å²) in [6, 6.07) is 5.83. The van der Waals surface area contributed by atoms with Gasteiger partial charge in [0.05, 0.1) is 6.54 Å². The van der Waals surface area contributed by atoms with E-state index in [1.165, 1.54) is 0 Å². The molecule has 1 N–H and O–H groups in total. The Hall–Kier alpha value is -2.37. The number of benzene rings is 1. The number of oxazole rings is 1. The van der Waals surface area contributed by atoms with Gasteiger partial charge in [0, 0.05) is 25.9 Å². The molecule has 0 saturated heterocycles. The average molecular weight is 243 g/mol. The zero-order chi connectivity index (χ0) is 12.5. The van der Waals surface area contributed by atoms with E-state index in [2.05, 4.69) is 20.6 Å². The maximum Gasteiger partial charge on any atom is 0.192 e. The van der Waals surface area contributed by atoms with Crippen LogP contribution in [-0.2, 0) is 13.6 Å². The third kappa shape index (κ3) is 2.04. The lowest BCUT2D eigenvalue weighted by atomic mass is 10.3. The Bertz CT molecular complexity index is 685. The topological polar surface area (TPSA) is 68.8 Å². The Morgan fingerprint density at radius 2 is 2.28 bits per heavy atom. The molecule has 3 aromatic rings. The van der Waals surface area contributed by atoms with E-state index in [1.54, 1.807) is 4.68 Å². The Morgan fingerprint density at radius 1 is 1.39 bits per heavy atom. The molecule has 92 valence electrons. The van der Waals surface area contributed by atoms with Crippen LogP contribution in [0.3, 0.4) is 0 Å². The van der Waals surface area contributed by atoms with E-state index in [9.17, 15) is 0 Å². The second kappa shape index (κ2) is 4.14. The van der Waals surface area contributed by atoms with Crippen molar-refractivity contribution in [2.24, 2.45) is 7.05 Å². The van der Waals surface area contributed by atoms with Gasteiger partial charge < -0.3 is 9.73 Å². The molecule has 0 saturated carbocycles. The molecule has 0 atom stereocenters. The lowest BCUT2D eigenvalue weighted by Crippen LogP contribution is -1.99. The molecule has 0 bridgehead atoms. The molecular formula is C12H13N5O. The summed E-state index contributed by atoms with van der Waals surface area (Å²) in [6.45, 7) is 2.48. The van der Waals surface area contributed by atoms with Crippen molar-refractivity contribution in [2.45, 2.75) is 13.5 Å². The third-order valence-electron chi connectivity index (χ3n) is 2.62. The van der Waals surface area contributed by atoms with E-state index >= 15 is 0 Å². The summed E-state index contributed by atoms with van der Waals surface area (Å²) >= 11 is 0. The highest BCUT2D eigenvalue weighted by molar-refractivity contribution is 5.77. The number of aryl methyl sites for hydroxylation is 2. The zero-order valence-electron chi connectivity index (χ0n) is 10.2. The van der Waals surface area contributed by atoms with Crippen LogP contribution in [0.2, 0.25) is 0 Å². The highest BCUT2D eigenvalue weighted by Gasteiger charge is 2.03. The number of hydrogen-bond acceptors (Lipinski definition) is 5. The fourth-order valence-electron chi connectivity index (χ4n) is 1.82. The summed E-state index contributed by atoms with van der Waals surface area (Å²) in [5.41, 5.74) is 3.55. The summed E-state index contributed by atoms with van der Waals surface area (Å²) in [6.07, 6.45) is 1.88. The van der Waals surface area contributed by atoms with Gasteiger partial charge in [-0.25, -0.2) is 4.98 Å². The zero-order valence-corrected chi connectivity index (χ0v) is 10.2. The summed E-state index contributed by atoms with van der Waals surface area (Å²) in [7, 11) is 1.85. The van der Waals surface area contributed by atoms with Gasteiger partial charge in [0.1, 0.15) is 11.2 Å². The first-order chi connectivity index (χ1) is 8.70. The number of hydrogen-bond donors (Lipinski definition) is 1. The second-order valence-electron chi connectivity index (χ2n) is 4.15. The lowest BCUT2D eigenvalue weighted by Gasteiger charge is -2.02. The van der Waals surface area contributed by atoms with Crippen molar-refractivity contribution in [1.29, 1.82) is 0 Å². The van der Waals surface area contributed by atoms with Crippen molar-refractivity contribution >= 4 is 16.8 Å². The fourth-order valence-corrected chi connectivity index (χ4v) is 1.82. The Labute approximate surface area is 104 Å². The molecule has 6 heteroatoms. The van der Waals surface area contributed by atoms with E-state index in [1.807, 2.05) is 38.4 Å². The average Bonchev–Trinajstić information content (AvgIpc) is 2.90. The van der Waals surface area contributed by atoms with Gasteiger partial charge in [-0.1, -0.05) is 5.21 Å². The first-order valence-corrected chi connectivity index (χ1v) is 5.67. The van der Waals surface area contributed by atoms with Crippen molar-refractivity contribution in [2.75, 3.05) is 5.32 Å². The number of anilines is 1. The molecule has 6 nitrogen and oxygen atoms in total. The van der Waals surface area contributed by atoms with Crippen LogP contribution in [0.5, 0.6) is 0 Å². The Morgan fingerprint density at radius 3 is 3.06 bits per heavy atom. The number of rotatable bonds is 3. The van der Waals surface area contributed by atoms with Crippen LogP contribution < -0.4 is 5.32 Å². The lowest BCUT2D eigenvalue weighted by molar-refractivity contribution is 0.561. The molecule has 0 fully saturated rings. The van der Waals surface area contributed by atoms with Crippen LogP contribution in [-0.4, -0.2) is 20.0 Å². The van der Waals surface area contributed by atoms with Gasteiger partial charge in [0.2, 0.25) is 0 Å². The molecule has 0 unspecified atom stereocenters. The minimum atomic E-state index is 0.635. The highest BCUT2D eigenvalue weighted by Crippen LogP contribution is 2.19. The van der Waals surface area contributed by atoms with Crippen molar-refractivity contribution in [3.05, 3.63) is 36.0 Å². The molecule has 18 heavy (non-hydrogen) atoms. The first-order valence-electron chi connectivity index (χ1n) is 5.67. The maximum absolute atomic E-state index is 5.42. The molecule has 0 amide bonds. The van der Waals surface area contributed by atoms with Gasteiger partial charge in [0.25, 0.3) is 0 Å². The summed E-state index contributed by atoms with van der Waals surface area (Å²) in [4.78, 5) is 4.29. The quantitative estimate of drug-likeness (QED) is 0.760. The third-order valence-corrected chi connectivity index (χ3v) is 2.62. The second-order valence-corrected chi connectivity index (χ2v) is 4.15. The van der Waals surface area contributed by atoms with E-state index in [4.69, 9.17) is 4.42 Å². The van der Waals surface area contributed by atoms with Crippen LogP contribution >= 0.6 is 0 Å². The number of aromatic nitrogens is 4. The molecule has 2 aromatic heterocycles. The largest absolute Gasteiger partial charge is 0.441 e. The van der Waals surface area contributed by atoms with Crippen LogP contribution in [0.4, 0.5) is 5.69 Å². The molecule has 0 radical (unpaired) electrons. The molecule has 3 rings (SSSR count). The van der Waals surface area contributed by atoms with Crippen molar-refractivity contribution in [1.82, 2.24) is 20.0 Å². The van der Waals surface area contributed by atoms with Crippen LogP contribution in [0.25, 0.3) is 11.1 Å². The van der Waals surface area contributed by atoms with Crippen molar-refractivity contribution < 1.29 is 4.42 Å². The molecule has 0 aliphatic carbocycles. The maximum atomic E-state index is 5.42. The van der Waals surface area contributed by atoms with Crippen LogP contribution in [0.1, 0.15) is 11.6 Å². The van der Waals surface area contributed by atoms with E-state index in [0.717, 1.165) is 22.5 Å². The van der Waals surface area contributed by atoms with E-state index in [-0.39, 0.29) is 0 Å². The smallest absolute Gasteiger partial charge is 0.192 e.